The SMILES string of the molecule is Cc1ccc(C)c(NC(=O)c2nn3c(C(F)(F)F)cc(C)nc3c2Cl)c1. The van der Waals surface area contributed by atoms with Crippen molar-refractivity contribution in [1.29, 1.82) is 0 Å². The number of hydrogen-bond acceptors (Lipinski definition) is 3. The van der Waals surface area contributed by atoms with Crippen LogP contribution in [-0.2, 0) is 6.18 Å². The van der Waals surface area contributed by atoms with Crippen LogP contribution in [0.5, 0.6) is 0 Å². The number of amides is 1. The first-order valence-electron chi connectivity index (χ1n) is 7.59. The lowest BCUT2D eigenvalue weighted by atomic mass is 10.1. The highest BCUT2D eigenvalue weighted by Crippen LogP contribution is 2.32. The number of fused-ring (bicyclic) bond motifs is 1. The number of carbonyl (C=O) groups is 1. The fourth-order valence-electron chi connectivity index (χ4n) is 2.51. The molecule has 0 atom stereocenters. The minimum Gasteiger partial charge on any atom is -0.320 e. The van der Waals surface area contributed by atoms with Crippen molar-refractivity contribution in [3.05, 3.63) is 57.5 Å². The Morgan fingerprint density at radius 1 is 1.19 bits per heavy atom. The molecule has 0 aliphatic carbocycles. The number of aromatic nitrogens is 3. The van der Waals surface area contributed by atoms with Gasteiger partial charge in [0.15, 0.2) is 11.3 Å². The summed E-state index contributed by atoms with van der Waals surface area (Å²) in [6.45, 7) is 5.07. The number of halogens is 4. The summed E-state index contributed by atoms with van der Waals surface area (Å²) in [5.41, 5.74) is 0.780. The van der Waals surface area contributed by atoms with Crippen molar-refractivity contribution in [3.63, 3.8) is 0 Å². The summed E-state index contributed by atoms with van der Waals surface area (Å²) in [7, 11) is 0. The van der Waals surface area contributed by atoms with Gasteiger partial charge in [-0.15, -0.1) is 0 Å². The minimum atomic E-state index is -4.66. The summed E-state index contributed by atoms with van der Waals surface area (Å²) in [6.07, 6.45) is -4.66. The molecule has 0 saturated heterocycles. The van der Waals surface area contributed by atoms with Gasteiger partial charge in [0.1, 0.15) is 10.7 Å². The second-order valence-electron chi connectivity index (χ2n) is 5.95. The molecule has 3 rings (SSSR count). The maximum absolute atomic E-state index is 13.3. The first-order valence-corrected chi connectivity index (χ1v) is 7.97. The third kappa shape index (κ3) is 3.24. The van der Waals surface area contributed by atoms with Crippen LogP contribution in [0.2, 0.25) is 5.02 Å². The number of nitrogens with one attached hydrogen (secondary N) is 1. The van der Waals surface area contributed by atoms with Gasteiger partial charge >= 0.3 is 6.18 Å². The molecular weight excluding hydrogens is 369 g/mol. The van der Waals surface area contributed by atoms with E-state index in [9.17, 15) is 18.0 Å². The molecule has 1 amide bonds. The van der Waals surface area contributed by atoms with E-state index < -0.39 is 17.8 Å². The third-order valence-corrected chi connectivity index (χ3v) is 4.16. The standard InChI is InChI=1S/C17H14ClF3N4O/c1-8-4-5-9(2)11(6-8)23-16(26)14-13(18)15-22-10(3)7-12(17(19,20)21)25(15)24-14/h4-7H,1-3H3,(H,23,26). The van der Waals surface area contributed by atoms with Crippen molar-refractivity contribution in [3.8, 4) is 0 Å². The average molecular weight is 383 g/mol. The quantitative estimate of drug-likeness (QED) is 0.705. The Hall–Kier alpha value is -2.61. The lowest BCUT2D eigenvalue weighted by Crippen LogP contribution is -2.16. The van der Waals surface area contributed by atoms with E-state index >= 15 is 0 Å². The Morgan fingerprint density at radius 3 is 2.54 bits per heavy atom. The molecule has 1 aromatic carbocycles. The predicted octanol–water partition coefficient (Wildman–Crippen LogP) is 4.58. The van der Waals surface area contributed by atoms with E-state index in [4.69, 9.17) is 11.6 Å². The van der Waals surface area contributed by atoms with Gasteiger partial charge in [-0.05, 0) is 44.0 Å². The van der Waals surface area contributed by atoms with Crippen LogP contribution in [-0.4, -0.2) is 20.5 Å². The Morgan fingerprint density at radius 2 is 1.88 bits per heavy atom. The molecule has 0 aliphatic heterocycles. The number of hydrogen-bond donors (Lipinski definition) is 1. The zero-order chi connectivity index (χ0) is 19.2. The molecule has 2 heterocycles. The normalized spacial score (nSPS) is 11.8. The third-order valence-electron chi connectivity index (χ3n) is 3.81. The summed E-state index contributed by atoms with van der Waals surface area (Å²) in [6, 6.07) is 6.30. The highest BCUT2D eigenvalue weighted by molar-refractivity contribution is 6.37. The zero-order valence-electron chi connectivity index (χ0n) is 14.1. The summed E-state index contributed by atoms with van der Waals surface area (Å²) >= 11 is 6.11. The Kier molecular flexibility index (Phi) is 4.39. The van der Waals surface area contributed by atoms with Crippen LogP contribution in [0.1, 0.15) is 33.0 Å². The molecule has 0 fully saturated rings. The van der Waals surface area contributed by atoms with Crippen molar-refractivity contribution < 1.29 is 18.0 Å². The van der Waals surface area contributed by atoms with Gasteiger partial charge < -0.3 is 5.32 Å². The predicted molar refractivity (Wildman–Crippen MR) is 91.6 cm³/mol. The molecule has 0 unspecified atom stereocenters. The number of anilines is 1. The molecular formula is C17H14ClF3N4O. The lowest BCUT2D eigenvalue weighted by Gasteiger charge is -2.09. The maximum atomic E-state index is 13.3. The molecule has 9 heteroatoms. The van der Waals surface area contributed by atoms with E-state index in [1.807, 2.05) is 19.1 Å². The van der Waals surface area contributed by atoms with Crippen molar-refractivity contribution in [1.82, 2.24) is 14.6 Å². The number of rotatable bonds is 2. The largest absolute Gasteiger partial charge is 0.433 e. The molecule has 26 heavy (non-hydrogen) atoms. The Balaban J connectivity index is 2.09. The fraction of sp³-hybridized carbons (Fsp3) is 0.235. The van der Waals surface area contributed by atoms with Crippen LogP contribution in [0.3, 0.4) is 0 Å². The smallest absolute Gasteiger partial charge is 0.320 e. The average Bonchev–Trinajstić information content (AvgIpc) is 2.86. The molecule has 1 N–H and O–H groups in total. The van der Waals surface area contributed by atoms with Gasteiger partial charge in [0.2, 0.25) is 0 Å². The Labute approximate surface area is 151 Å². The second-order valence-corrected chi connectivity index (χ2v) is 6.33. The molecule has 0 radical (unpaired) electrons. The van der Waals surface area contributed by atoms with Gasteiger partial charge in [-0.25, -0.2) is 9.50 Å². The number of carbonyl (C=O) groups excluding carboxylic acids is 1. The summed E-state index contributed by atoms with van der Waals surface area (Å²) in [5.74, 6) is -0.708. The van der Waals surface area contributed by atoms with Crippen molar-refractivity contribution >= 4 is 28.8 Å². The molecule has 0 saturated carbocycles. The highest BCUT2D eigenvalue weighted by Gasteiger charge is 2.36. The topological polar surface area (TPSA) is 59.3 Å². The summed E-state index contributed by atoms with van der Waals surface area (Å²) in [4.78, 5) is 16.5. The van der Waals surface area contributed by atoms with E-state index in [2.05, 4.69) is 15.4 Å². The fourth-order valence-corrected chi connectivity index (χ4v) is 2.76. The van der Waals surface area contributed by atoms with E-state index in [0.29, 0.717) is 10.2 Å². The van der Waals surface area contributed by atoms with Crippen molar-refractivity contribution in [2.45, 2.75) is 26.9 Å². The molecule has 5 nitrogen and oxygen atoms in total. The molecule has 0 bridgehead atoms. The highest BCUT2D eigenvalue weighted by atomic mass is 35.5. The zero-order valence-corrected chi connectivity index (χ0v) is 14.8. The van der Waals surface area contributed by atoms with Crippen molar-refractivity contribution in [2.75, 3.05) is 5.32 Å². The van der Waals surface area contributed by atoms with E-state index in [0.717, 1.165) is 17.2 Å². The van der Waals surface area contributed by atoms with E-state index in [1.54, 1.807) is 13.0 Å². The van der Waals surface area contributed by atoms with Crippen LogP contribution < -0.4 is 5.32 Å². The van der Waals surface area contributed by atoms with E-state index in [-0.39, 0.29) is 22.1 Å². The van der Waals surface area contributed by atoms with Gasteiger partial charge in [0.25, 0.3) is 5.91 Å². The van der Waals surface area contributed by atoms with Gasteiger partial charge in [-0.3, -0.25) is 4.79 Å². The lowest BCUT2D eigenvalue weighted by molar-refractivity contribution is -0.142. The number of nitrogens with zero attached hydrogens (tertiary/aromatic N) is 3. The number of benzene rings is 1. The van der Waals surface area contributed by atoms with Gasteiger partial charge in [0.05, 0.1) is 0 Å². The molecule has 136 valence electrons. The van der Waals surface area contributed by atoms with E-state index in [1.165, 1.54) is 6.92 Å². The molecule has 0 spiro atoms. The monoisotopic (exact) mass is 382 g/mol. The number of alkyl halides is 3. The molecule has 0 aliphatic rings. The maximum Gasteiger partial charge on any atom is 0.433 e. The molecule has 2 aromatic heterocycles. The van der Waals surface area contributed by atoms with Gasteiger partial charge in [0, 0.05) is 11.4 Å². The molecule has 3 aromatic rings. The van der Waals surface area contributed by atoms with Gasteiger partial charge in [-0.1, -0.05) is 23.7 Å². The van der Waals surface area contributed by atoms with Crippen LogP contribution in [0.25, 0.3) is 5.65 Å². The summed E-state index contributed by atoms with van der Waals surface area (Å²) in [5, 5.41) is 6.16. The van der Waals surface area contributed by atoms with Crippen LogP contribution in [0.15, 0.2) is 24.3 Å². The number of aryl methyl sites for hydroxylation is 3. The van der Waals surface area contributed by atoms with Crippen LogP contribution >= 0.6 is 11.6 Å². The first-order chi connectivity index (χ1) is 12.1. The first kappa shape index (κ1) is 18.2. The minimum absolute atomic E-state index is 0.119. The van der Waals surface area contributed by atoms with Crippen molar-refractivity contribution in [2.24, 2.45) is 0 Å². The second kappa shape index (κ2) is 6.28. The summed E-state index contributed by atoms with van der Waals surface area (Å²) < 4.78 is 40.3. The van der Waals surface area contributed by atoms with Crippen LogP contribution in [0, 0.1) is 20.8 Å². The van der Waals surface area contributed by atoms with Gasteiger partial charge in [-0.2, -0.15) is 18.3 Å². The van der Waals surface area contributed by atoms with Crippen LogP contribution in [0.4, 0.5) is 18.9 Å². The Bertz CT molecular complexity index is 1030.